The van der Waals surface area contributed by atoms with Gasteiger partial charge in [-0.2, -0.15) is 0 Å². The van der Waals surface area contributed by atoms with Crippen molar-refractivity contribution in [3.63, 3.8) is 0 Å². The normalized spacial score (nSPS) is 14.5. The van der Waals surface area contributed by atoms with Crippen LogP contribution in [-0.4, -0.2) is 42.3 Å². The molecule has 7 heteroatoms. The van der Waals surface area contributed by atoms with Crippen LogP contribution in [0.3, 0.4) is 0 Å². The number of anilines is 1. The molecule has 2 heterocycles. The molecule has 0 bridgehead atoms. The second-order valence-corrected chi connectivity index (χ2v) is 7.69. The lowest BCUT2D eigenvalue weighted by atomic mass is 9.96. The number of aryl methyl sites for hydroxylation is 3. The lowest BCUT2D eigenvalue weighted by Gasteiger charge is -2.31. The molecule has 154 valence electrons. The highest BCUT2D eigenvalue weighted by molar-refractivity contribution is 6.39. The summed E-state index contributed by atoms with van der Waals surface area (Å²) in [5.74, 6) is -1.10. The molecule has 0 unspecified atom stereocenters. The van der Waals surface area contributed by atoms with Crippen LogP contribution in [0.5, 0.6) is 0 Å². The van der Waals surface area contributed by atoms with Crippen molar-refractivity contribution in [3.05, 3.63) is 53.0 Å². The van der Waals surface area contributed by atoms with Gasteiger partial charge in [-0.05, 0) is 56.7 Å². The first kappa shape index (κ1) is 20.6. The highest BCUT2D eigenvalue weighted by Gasteiger charge is 2.25. The Balaban J connectivity index is 1.45. The second-order valence-electron chi connectivity index (χ2n) is 7.69. The van der Waals surface area contributed by atoms with Gasteiger partial charge in [-0.15, -0.1) is 0 Å². The summed E-state index contributed by atoms with van der Waals surface area (Å²) in [5, 5.41) is 5.44. The number of nitrogens with one attached hydrogen (secondary N) is 2. The van der Waals surface area contributed by atoms with Crippen molar-refractivity contribution in [3.8, 4) is 0 Å². The van der Waals surface area contributed by atoms with Gasteiger partial charge in [-0.25, -0.2) is 0 Å². The van der Waals surface area contributed by atoms with Gasteiger partial charge < -0.3 is 20.0 Å². The lowest BCUT2D eigenvalue weighted by Crippen LogP contribution is -2.43. The Morgan fingerprint density at radius 1 is 1.07 bits per heavy atom. The van der Waals surface area contributed by atoms with Gasteiger partial charge in [-0.3, -0.25) is 14.4 Å². The Morgan fingerprint density at radius 2 is 1.72 bits per heavy atom. The number of hydrogen-bond donors (Lipinski definition) is 2. The minimum absolute atomic E-state index is 0.0375. The maximum atomic E-state index is 12.3. The van der Waals surface area contributed by atoms with Crippen LogP contribution < -0.4 is 10.6 Å². The minimum Gasteiger partial charge on any atom is -0.472 e. The first-order chi connectivity index (χ1) is 13.8. The number of furan rings is 1. The van der Waals surface area contributed by atoms with Gasteiger partial charge >= 0.3 is 11.8 Å². The molecule has 7 nitrogen and oxygen atoms in total. The van der Waals surface area contributed by atoms with Gasteiger partial charge in [0.2, 0.25) is 0 Å². The molecule has 0 spiro atoms. The predicted octanol–water partition coefficient (Wildman–Crippen LogP) is 2.81. The SMILES string of the molecule is Cc1cc(C)c(NC(=O)C(=O)NCC2CCN(C(=O)c3ccoc3)CC2)c(C)c1. The van der Waals surface area contributed by atoms with Crippen LogP contribution in [0.1, 0.15) is 39.9 Å². The first-order valence-electron chi connectivity index (χ1n) is 9.83. The molecule has 3 rings (SSSR count). The van der Waals surface area contributed by atoms with Gasteiger partial charge in [0.25, 0.3) is 5.91 Å². The molecular weight excluding hydrogens is 370 g/mol. The van der Waals surface area contributed by atoms with Crippen LogP contribution in [0.15, 0.2) is 35.1 Å². The third-order valence-corrected chi connectivity index (χ3v) is 5.34. The summed E-state index contributed by atoms with van der Waals surface area (Å²) >= 11 is 0. The number of likely N-dealkylation sites (tertiary alicyclic amines) is 1. The Labute approximate surface area is 170 Å². The molecule has 2 aromatic rings. The van der Waals surface area contributed by atoms with E-state index in [1.165, 1.54) is 12.5 Å². The van der Waals surface area contributed by atoms with Crippen molar-refractivity contribution in [2.24, 2.45) is 5.92 Å². The summed E-state index contributed by atoms with van der Waals surface area (Å²) in [4.78, 5) is 38.6. The fraction of sp³-hybridized carbons (Fsp3) is 0.409. The van der Waals surface area contributed by atoms with Gasteiger partial charge in [-0.1, -0.05) is 17.7 Å². The molecule has 3 amide bonds. The number of piperidine rings is 1. The summed E-state index contributed by atoms with van der Waals surface area (Å²) in [6, 6.07) is 5.60. The van der Waals surface area contributed by atoms with E-state index in [0.717, 1.165) is 29.5 Å². The van der Waals surface area contributed by atoms with E-state index in [4.69, 9.17) is 4.42 Å². The average Bonchev–Trinajstić information content (AvgIpc) is 3.23. The van der Waals surface area contributed by atoms with E-state index in [-0.39, 0.29) is 11.8 Å². The summed E-state index contributed by atoms with van der Waals surface area (Å²) in [6.07, 6.45) is 4.49. The molecule has 29 heavy (non-hydrogen) atoms. The maximum Gasteiger partial charge on any atom is 0.313 e. The number of hydrogen-bond acceptors (Lipinski definition) is 4. The molecule has 1 saturated heterocycles. The first-order valence-corrected chi connectivity index (χ1v) is 9.83. The zero-order valence-corrected chi connectivity index (χ0v) is 17.1. The fourth-order valence-corrected chi connectivity index (χ4v) is 3.77. The summed E-state index contributed by atoms with van der Waals surface area (Å²) in [5.41, 5.74) is 4.20. The molecule has 1 fully saturated rings. The van der Waals surface area contributed by atoms with E-state index < -0.39 is 11.8 Å². The standard InChI is InChI=1S/C22H27N3O4/c1-14-10-15(2)19(16(3)11-14)24-21(27)20(26)23-12-17-4-7-25(8-5-17)22(28)18-6-9-29-13-18/h6,9-11,13,17H,4-5,7-8,12H2,1-3H3,(H,23,26)(H,24,27). The fourth-order valence-electron chi connectivity index (χ4n) is 3.77. The van der Waals surface area contributed by atoms with Crippen molar-refractivity contribution in [2.75, 3.05) is 25.0 Å². The molecule has 0 saturated carbocycles. The van der Waals surface area contributed by atoms with Crippen molar-refractivity contribution in [1.29, 1.82) is 0 Å². The predicted molar refractivity (Wildman–Crippen MR) is 110 cm³/mol. The third-order valence-electron chi connectivity index (χ3n) is 5.34. The third kappa shape index (κ3) is 5.04. The van der Waals surface area contributed by atoms with Crippen molar-refractivity contribution in [1.82, 2.24) is 10.2 Å². The van der Waals surface area contributed by atoms with Crippen LogP contribution in [0.2, 0.25) is 0 Å². The summed E-state index contributed by atoms with van der Waals surface area (Å²) in [6.45, 7) is 7.48. The smallest absolute Gasteiger partial charge is 0.313 e. The molecular formula is C22H27N3O4. The molecule has 2 N–H and O–H groups in total. The molecule has 1 aromatic carbocycles. The number of amides is 3. The lowest BCUT2D eigenvalue weighted by molar-refractivity contribution is -0.136. The van der Waals surface area contributed by atoms with E-state index in [2.05, 4.69) is 10.6 Å². The summed E-state index contributed by atoms with van der Waals surface area (Å²) in [7, 11) is 0. The Hall–Kier alpha value is -3.09. The Morgan fingerprint density at radius 3 is 2.31 bits per heavy atom. The number of rotatable bonds is 4. The van der Waals surface area contributed by atoms with Crippen LogP contribution in [0.4, 0.5) is 5.69 Å². The molecule has 0 aliphatic carbocycles. The van der Waals surface area contributed by atoms with Crippen LogP contribution >= 0.6 is 0 Å². The molecule has 0 radical (unpaired) electrons. The van der Waals surface area contributed by atoms with Crippen molar-refractivity contribution >= 4 is 23.4 Å². The van der Waals surface area contributed by atoms with Crippen LogP contribution in [0.25, 0.3) is 0 Å². The van der Waals surface area contributed by atoms with Gasteiger partial charge in [0, 0.05) is 25.3 Å². The van der Waals surface area contributed by atoms with Gasteiger partial charge in [0.1, 0.15) is 6.26 Å². The van der Waals surface area contributed by atoms with E-state index in [1.807, 2.05) is 32.9 Å². The molecule has 1 aromatic heterocycles. The zero-order chi connectivity index (χ0) is 21.0. The number of nitrogens with zero attached hydrogens (tertiary/aromatic N) is 1. The number of carbonyl (C=O) groups excluding carboxylic acids is 3. The largest absolute Gasteiger partial charge is 0.472 e. The Bertz CT molecular complexity index is 874. The summed E-state index contributed by atoms with van der Waals surface area (Å²) < 4.78 is 4.97. The quantitative estimate of drug-likeness (QED) is 0.776. The minimum atomic E-state index is -0.660. The zero-order valence-electron chi connectivity index (χ0n) is 17.1. The van der Waals surface area contributed by atoms with Gasteiger partial charge in [0.15, 0.2) is 0 Å². The average molecular weight is 397 g/mol. The van der Waals surface area contributed by atoms with Crippen molar-refractivity contribution in [2.45, 2.75) is 33.6 Å². The highest BCUT2D eigenvalue weighted by Crippen LogP contribution is 2.22. The maximum absolute atomic E-state index is 12.3. The molecule has 0 atom stereocenters. The monoisotopic (exact) mass is 397 g/mol. The van der Waals surface area contributed by atoms with Crippen LogP contribution in [0, 0.1) is 26.7 Å². The number of benzene rings is 1. The van der Waals surface area contributed by atoms with E-state index in [1.54, 1.807) is 11.0 Å². The topological polar surface area (TPSA) is 91.7 Å². The van der Waals surface area contributed by atoms with Crippen molar-refractivity contribution < 1.29 is 18.8 Å². The number of carbonyl (C=O) groups is 3. The highest BCUT2D eigenvalue weighted by atomic mass is 16.3. The Kier molecular flexibility index (Phi) is 6.36. The van der Waals surface area contributed by atoms with Gasteiger partial charge in [0.05, 0.1) is 11.8 Å². The molecule has 1 aliphatic heterocycles. The van der Waals surface area contributed by atoms with E-state index >= 15 is 0 Å². The van der Waals surface area contributed by atoms with E-state index in [0.29, 0.717) is 30.9 Å². The van der Waals surface area contributed by atoms with E-state index in [9.17, 15) is 14.4 Å². The molecule has 1 aliphatic rings. The second kappa shape index (κ2) is 8.94. The van der Waals surface area contributed by atoms with Crippen LogP contribution in [-0.2, 0) is 9.59 Å².